The Kier molecular flexibility index (Phi) is 4.37. The summed E-state index contributed by atoms with van der Waals surface area (Å²) in [5, 5.41) is 9.60. The van der Waals surface area contributed by atoms with E-state index in [0.29, 0.717) is 36.7 Å². The number of aromatic amines is 2. The van der Waals surface area contributed by atoms with E-state index in [9.17, 15) is 9.67 Å². The Balaban J connectivity index is 1.84. The van der Waals surface area contributed by atoms with Crippen molar-refractivity contribution >= 4 is 19.5 Å². The van der Waals surface area contributed by atoms with E-state index in [0.717, 1.165) is 12.1 Å². The van der Waals surface area contributed by atoms with E-state index in [2.05, 4.69) is 24.9 Å². The van der Waals surface area contributed by atoms with Crippen LogP contribution in [-0.2, 0) is 15.5 Å². The van der Waals surface area contributed by atoms with Gasteiger partial charge in [0, 0.05) is 30.7 Å². The molecule has 3 rings (SSSR count). The number of aromatic nitrogens is 4. The molecule has 0 spiro atoms. The van der Waals surface area contributed by atoms with Crippen LogP contribution >= 0.6 is 7.37 Å². The lowest BCUT2D eigenvalue weighted by atomic mass is 10.3. The molecule has 23 heavy (non-hydrogen) atoms. The zero-order chi connectivity index (χ0) is 16.4. The van der Waals surface area contributed by atoms with Crippen LogP contribution < -0.4 is 0 Å². The summed E-state index contributed by atoms with van der Waals surface area (Å²) >= 11 is 0. The third kappa shape index (κ3) is 3.54. The summed E-state index contributed by atoms with van der Waals surface area (Å²) in [6.07, 6.45) is 4.99. The summed E-state index contributed by atoms with van der Waals surface area (Å²) in [6, 6.07) is 0. The Bertz CT molecular complexity index is 737. The van der Waals surface area contributed by atoms with E-state index >= 15 is 0 Å². The van der Waals surface area contributed by atoms with Crippen molar-refractivity contribution < 1.29 is 14.2 Å². The molecule has 3 N–H and O–H groups in total. The standard InChI is InChI=1S/C14H20N5O3P/c1-9-7-15-14(17-9)16-8-11(23(21)5-3-4-22-23)6-12-18-10(2)13(20)19-12/h7-8,11,20H,3-6H2,1-2H3,(H,15,17)(H,18,19). The number of H-pyrrole nitrogens is 2. The molecule has 1 aliphatic heterocycles. The fraction of sp³-hybridized carbons (Fsp3) is 0.500. The highest BCUT2D eigenvalue weighted by Crippen LogP contribution is 2.56. The molecule has 0 bridgehead atoms. The summed E-state index contributed by atoms with van der Waals surface area (Å²) in [4.78, 5) is 18.5. The van der Waals surface area contributed by atoms with E-state index in [4.69, 9.17) is 4.52 Å². The monoisotopic (exact) mass is 337 g/mol. The molecule has 2 aromatic rings. The second-order valence-corrected chi connectivity index (χ2v) is 8.53. The van der Waals surface area contributed by atoms with Crippen molar-refractivity contribution in [3.63, 3.8) is 0 Å². The van der Waals surface area contributed by atoms with Gasteiger partial charge in [-0.05, 0) is 20.3 Å². The summed E-state index contributed by atoms with van der Waals surface area (Å²) < 4.78 is 18.5. The maximum absolute atomic E-state index is 13.0. The number of nitrogens with one attached hydrogen (secondary N) is 2. The molecule has 9 heteroatoms. The summed E-state index contributed by atoms with van der Waals surface area (Å²) in [5.74, 6) is 0.998. The topological polar surface area (TPSA) is 116 Å². The highest BCUT2D eigenvalue weighted by Gasteiger charge is 2.37. The van der Waals surface area contributed by atoms with Gasteiger partial charge in [-0.1, -0.05) is 0 Å². The van der Waals surface area contributed by atoms with Crippen LogP contribution in [0.3, 0.4) is 0 Å². The van der Waals surface area contributed by atoms with Crippen LogP contribution in [0, 0.1) is 13.8 Å². The first-order valence-electron chi connectivity index (χ1n) is 7.50. The smallest absolute Gasteiger partial charge is 0.232 e. The molecule has 2 atom stereocenters. The average Bonchev–Trinajstić information content (AvgIpc) is 3.19. The minimum Gasteiger partial charge on any atom is -0.492 e. The molecule has 3 heterocycles. The molecule has 0 amide bonds. The fourth-order valence-electron chi connectivity index (χ4n) is 2.55. The van der Waals surface area contributed by atoms with Crippen LogP contribution in [0.5, 0.6) is 5.88 Å². The van der Waals surface area contributed by atoms with E-state index in [1.165, 1.54) is 0 Å². The third-order valence-corrected chi connectivity index (χ3v) is 6.68. The predicted octanol–water partition coefficient (Wildman–Crippen LogP) is 2.47. The average molecular weight is 337 g/mol. The number of nitrogens with zero attached hydrogens (tertiary/aromatic N) is 3. The zero-order valence-corrected chi connectivity index (χ0v) is 14.0. The number of aliphatic imine (C=N–C) groups is 1. The van der Waals surface area contributed by atoms with E-state index in [1.54, 1.807) is 19.3 Å². The SMILES string of the molecule is Cc1cnc(N=CC(Cc2nc(O)c(C)[nH]2)P2(=O)CCCO2)[nH]1. The first kappa shape index (κ1) is 16.0. The van der Waals surface area contributed by atoms with Crippen LogP contribution in [0.4, 0.5) is 5.95 Å². The Labute approximate surface area is 133 Å². The molecule has 124 valence electrons. The largest absolute Gasteiger partial charge is 0.492 e. The normalized spacial score (nSPS) is 22.9. The van der Waals surface area contributed by atoms with Crippen LogP contribution in [0.25, 0.3) is 0 Å². The first-order valence-corrected chi connectivity index (χ1v) is 9.38. The quantitative estimate of drug-likeness (QED) is 0.572. The Morgan fingerprint density at radius 1 is 1.52 bits per heavy atom. The minimum absolute atomic E-state index is 0.0389. The molecule has 1 fully saturated rings. The number of rotatable bonds is 5. The van der Waals surface area contributed by atoms with E-state index < -0.39 is 13.0 Å². The molecule has 8 nitrogen and oxygen atoms in total. The molecule has 1 saturated heterocycles. The molecule has 0 radical (unpaired) electrons. The van der Waals surface area contributed by atoms with Gasteiger partial charge in [-0.3, -0.25) is 4.57 Å². The van der Waals surface area contributed by atoms with Crippen LogP contribution in [-0.4, -0.2) is 49.7 Å². The van der Waals surface area contributed by atoms with Crippen molar-refractivity contribution in [2.75, 3.05) is 12.8 Å². The van der Waals surface area contributed by atoms with Gasteiger partial charge < -0.3 is 19.6 Å². The number of aryl methyl sites for hydroxylation is 2. The highest BCUT2D eigenvalue weighted by molar-refractivity contribution is 7.60. The highest BCUT2D eigenvalue weighted by atomic mass is 31.2. The van der Waals surface area contributed by atoms with Crippen molar-refractivity contribution in [3.05, 3.63) is 23.4 Å². The molecule has 0 saturated carbocycles. The first-order chi connectivity index (χ1) is 11.0. The summed E-state index contributed by atoms with van der Waals surface area (Å²) in [5.41, 5.74) is 1.09. The Morgan fingerprint density at radius 3 is 2.91 bits per heavy atom. The molecule has 0 aromatic carbocycles. The molecular formula is C14H20N5O3P. The van der Waals surface area contributed by atoms with Crippen LogP contribution in [0.1, 0.15) is 23.6 Å². The second-order valence-electron chi connectivity index (χ2n) is 5.71. The lowest BCUT2D eigenvalue weighted by molar-refractivity contribution is 0.347. The van der Waals surface area contributed by atoms with Gasteiger partial charge in [0.25, 0.3) is 0 Å². The van der Waals surface area contributed by atoms with Gasteiger partial charge in [0.05, 0.1) is 18.0 Å². The van der Waals surface area contributed by atoms with Gasteiger partial charge in [0.1, 0.15) is 5.82 Å². The second kappa shape index (κ2) is 6.29. The Morgan fingerprint density at radius 2 is 2.35 bits per heavy atom. The van der Waals surface area contributed by atoms with Crippen LogP contribution in [0.15, 0.2) is 11.2 Å². The fourth-order valence-corrected chi connectivity index (χ4v) is 4.93. The van der Waals surface area contributed by atoms with Gasteiger partial charge in [0.15, 0.2) is 0 Å². The lowest BCUT2D eigenvalue weighted by Crippen LogP contribution is -2.16. The minimum atomic E-state index is -2.81. The number of hydrogen-bond donors (Lipinski definition) is 3. The molecule has 1 aliphatic rings. The summed E-state index contributed by atoms with van der Waals surface area (Å²) in [6.45, 7) is 4.12. The maximum atomic E-state index is 13.0. The molecule has 2 unspecified atom stereocenters. The maximum Gasteiger partial charge on any atom is 0.232 e. The van der Waals surface area contributed by atoms with Crippen molar-refractivity contribution in [1.82, 2.24) is 19.9 Å². The van der Waals surface area contributed by atoms with Gasteiger partial charge in [-0.25, -0.2) is 9.98 Å². The Hall–Kier alpha value is -1.92. The van der Waals surface area contributed by atoms with Gasteiger partial charge >= 0.3 is 0 Å². The number of hydrogen-bond acceptors (Lipinski definition) is 6. The molecule has 2 aromatic heterocycles. The molecule has 0 aliphatic carbocycles. The van der Waals surface area contributed by atoms with Crippen molar-refractivity contribution in [2.45, 2.75) is 32.3 Å². The van der Waals surface area contributed by atoms with Crippen molar-refractivity contribution in [2.24, 2.45) is 4.99 Å². The van der Waals surface area contributed by atoms with Crippen LogP contribution in [0.2, 0.25) is 0 Å². The third-order valence-electron chi connectivity index (χ3n) is 3.80. The summed E-state index contributed by atoms with van der Waals surface area (Å²) in [7, 11) is -2.81. The molecular weight excluding hydrogens is 317 g/mol. The predicted molar refractivity (Wildman–Crippen MR) is 87.0 cm³/mol. The van der Waals surface area contributed by atoms with Gasteiger partial charge in [0.2, 0.25) is 19.2 Å². The number of imidazole rings is 2. The lowest BCUT2D eigenvalue weighted by Gasteiger charge is -2.18. The van der Waals surface area contributed by atoms with Crippen molar-refractivity contribution in [3.8, 4) is 5.88 Å². The van der Waals surface area contributed by atoms with E-state index in [-0.39, 0.29) is 5.88 Å². The van der Waals surface area contributed by atoms with E-state index in [1.807, 2.05) is 6.92 Å². The van der Waals surface area contributed by atoms with Crippen molar-refractivity contribution in [1.29, 1.82) is 0 Å². The van der Waals surface area contributed by atoms with Gasteiger partial charge in [-0.15, -0.1) is 0 Å². The zero-order valence-electron chi connectivity index (χ0n) is 13.1. The van der Waals surface area contributed by atoms with Gasteiger partial charge in [-0.2, -0.15) is 4.98 Å². The number of aromatic hydroxyl groups is 1.